The summed E-state index contributed by atoms with van der Waals surface area (Å²) < 4.78 is 5.50. The summed E-state index contributed by atoms with van der Waals surface area (Å²) in [4.78, 5) is 10.7. The number of thioether (sulfide) groups is 2. The molecule has 0 aliphatic carbocycles. The maximum atomic E-state index is 11.0. The molecule has 0 bridgehead atoms. The molecule has 1 aromatic rings. The van der Waals surface area contributed by atoms with E-state index in [2.05, 4.69) is 0 Å². The first-order chi connectivity index (χ1) is 8.29. The van der Waals surface area contributed by atoms with Crippen molar-refractivity contribution in [2.75, 3.05) is 24.7 Å². The first kappa shape index (κ1) is 12.7. The molecular formula is C11H13NO3S2. The summed E-state index contributed by atoms with van der Waals surface area (Å²) in [5, 5.41) is 11.0. The lowest BCUT2D eigenvalue weighted by molar-refractivity contribution is -0.385. The number of ether oxygens (including phenoxy) is 1. The summed E-state index contributed by atoms with van der Waals surface area (Å²) >= 11 is 3.43. The lowest BCUT2D eigenvalue weighted by Crippen LogP contribution is -2.08. The maximum Gasteiger partial charge on any atom is 0.274 e. The third kappa shape index (κ3) is 3.37. The Bertz CT molecular complexity index is 392. The van der Waals surface area contributed by atoms with E-state index in [4.69, 9.17) is 4.74 Å². The molecule has 1 aliphatic rings. The van der Waals surface area contributed by atoms with Crippen molar-refractivity contribution in [2.24, 2.45) is 0 Å². The molecule has 0 radical (unpaired) electrons. The predicted molar refractivity (Wildman–Crippen MR) is 71.6 cm³/mol. The van der Waals surface area contributed by atoms with Gasteiger partial charge in [0.2, 0.25) is 0 Å². The molecule has 1 fully saturated rings. The number of hydrogen-bond donors (Lipinski definition) is 0. The Labute approximate surface area is 108 Å². The van der Waals surface area contributed by atoms with E-state index in [0.717, 1.165) is 30.3 Å². The van der Waals surface area contributed by atoms with Crippen molar-refractivity contribution in [2.45, 2.75) is 4.58 Å². The van der Waals surface area contributed by atoms with Gasteiger partial charge in [0.15, 0.2) is 0 Å². The molecule has 0 aromatic heterocycles. The van der Waals surface area contributed by atoms with Gasteiger partial charge in [-0.1, -0.05) is 18.2 Å². The zero-order valence-corrected chi connectivity index (χ0v) is 10.8. The normalized spacial score (nSPS) is 18.4. The van der Waals surface area contributed by atoms with E-state index in [1.165, 1.54) is 0 Å². The lowest BCUT2D eigenvalue weighted by atomic mass is 10.2. The third-order valence-corrected chi connectivity index (χ3v) is 5.12. The summed E-state index contributed by atoms with van der Waals surface area (Å²) in [6.45, 7) is 1.45. The van der Waals surface area contributed by atoms with Gasteiger partial charge in [-0.25, -0.2) is 0 Å². The molecule has 0 N–H and O–H groups in total. The number of nitro groups is 1. The van der Waals surface area contributed by atoms with Crippen LogP contribution in [0.5, 0.6) is 0 Å². The number of hydrogen-bond acceptors (Lipinski definition) is 5. The molecule has 6 heteroatoms. The van der Waals surface area contributed by atoms with E-state index in [1.807, 2.05) is 12.1 Å². The van der Waals surface area contributed by atoms with Crippen molar-refractivity contribution >= 4 is 29.2 Å². The molecule has 1 aliphatic heterocycles. The first-order valence-electron chi connectivity index (χ1n) is 5.33. The minimum atomic E-state index is -0.300. The molecule has 0 unspecified atom stereocenters. The average molecular weight is 271 g/mol. The van der Waals surface area contributed by atoms with Crippen molar-refractivity contribution in [3.63, 3.8) is 0 Å². The Hall–Kier alpha value is -0.720. The van der Waals surface area contributed by atoms with E-state index < -0.39 is 0 Å². The van der Waals surface area contributed by atoms with Crippen LogP contribution in [0.25, 0.3) is 0 Å². The average Bonchev–Trinajstić information content (AvgIpc) is 2.28. The van der Waals surface area contributed by atoms with Crippen LogP contribution in [-0.2, 0) is 4.74 Å². The molecule has 0 saturated carbocycles. The smallest absolute Gasteiger partial charge is 0.274 e. The molecule has 1 saturated heterocycles. The summed E-state index contributed by atoms with van der Waals surface area (Å²) in [6, 6.07) is 7.00. The van der Waals surface area contributed by atoms with Crippen molar-refractivity contribution < 1.29 is 9.66 Å². The van der Waals surface area contributed by atoms with Crippen molar-refractivity contribution in [3.05, 3.63) is 39.9 Å². The minimum Gasteiger partial charge on any atom is -0.380 e. The highest BCUT2D eigenvalue weighted by Gasteiger charge is 2.22. The van der Waals surface area contributed by atoms with Crippen molar-refractivity contribution in [1.29, 1.82) is 0 Å². The Morgan fingerprint density at radius 3 is 2.53 bits per heavy atom. The Balaban J connectivity index is 2.21. The van der Waals surface area contributed by atoms with Crippen LogP contribution < -0.4 is 0 Å². The highest BCUT2D eigenvalue weighted by Crippen LogP contribution is 2.43. The van der Waals surface area contributed by atoms with Crippen molar-refractivity contribution in [3.8, 4) is 0 Å². The van der Waals surface area contributed by atoms with Gasteiger partial charge >= 0.3 is 0 Å². The lowest BCUT2D eigenvalue weighted by Gasteiger charge is -2.19. The van der Waals surface area contributed by atoms with Crippen LogP contribution in [0.4, 0.5) is 5.69 Å². The standard InChI is InChI=1S/C11H13NO3S2/c13-12(14)10-4-2-1-3-9(10)11-16-7-5-15-6-8-17-11/h1-4,11H,5-8H2. The SMILES string of the molecule is O=[N+]([O-])c1ccccc1C1SCCOCCS1. The van der Waals surface area contributed by atoms with Gasteiger partial charge in [0.1, 0.15) is 0 Å². The van der Waals surface area contributed by atoms with Crippen LogP contribution in [0.1, 0.15) is 10.1 Å². The van der Waals surface area contributed by atoms with E-state index in [0.29, 0.717) is 0 Å². The number of nitrogens with zero attached hydrogens (tertiary/aromatic N) is 1. The second-order valence-corrected chi connectivity index (χ2v) is 6.23. The van der Waals surface area contributed by atoms with E-state index in [1.54, 1.807) is 35.7 Å². The molecule has 4 nitrogen and oxygen atoms in total. The van der Waals surface area contributed by atoms with E-state index in [-0.39, 0.29) is 15.2 Å². The van der Waals surface area contributed by atoms with Crippen LogP contribution in [-0.4, -0.2) is 29.6 Å². The number of nitro benzene ring substituents is 1. The topological polar surface area (TPSA) is 52.4 Å². The van der Waals surface area contributed by atoms with Gasteiger partial charge in [-0.05, 0) is 0 Å². The minimum absolute atomic E-state index is 0.139. The quantitative estimate of drug-likeness (QED) is 0.611. The third-order valence-electron chi connectivity index (χ3n) is 2.38. The Kier molecular flexibility index (Phi) is 4.70. The van der Waals surface area contributed by atoms with Gasteiger partial charge in [0, 0.05) is 17.6 Å². The van der Waals surface area contributed by atoms with E-state index >= 15 is 0 Å². The largest absolute Gasteiger partial charge is 0.380 e. The zero-order valence-electron chi connectivity index (χ0n) is 9.20. The highest BCUT2D eigenvalue weighted by atomic mass is 32.2. The monoisotopic (exact) mass is 271 g/mol. The van der Waals surface area contributed by atoms with Gasteiger partial charge in [0.05, 0.1) is 28.3 Å². The predicted octanol–water partition coefficient (Wildman–Crippen LogP) is 3.09. The Morgan fingerprint density at radius 2 is 1.88 bits per heavy atom. The molecular weight excluding hydrogens is 258 g/mol. The molecule has 92 valence electrons. The fraction of sp³-hybridized carbons (Fsp3) is 0.455. The Morgan fingerprint density at radius 1 is 1.24 bits per heavy atom. The highest BCUT2D eigenvalue weighted by molar-refractivity contribution is 8.16. The van der Waals surface area contributed by atoms with Gasteiger partial charge in [-0.15, -0.1) is 23.5 Å². The fourth-order valence-electron chi connectivity index (χ4n) is 1.61. The molecule has 0 atom stereocenters. The molecule has 1 heterocycles. The van der Waals surface area contributed by atoms with Gasteiger partial charge in [-0.2, -0.15) is 0 Å². The first-order valence-corrected chi connectivity index (χ1v) is 7.43. The molecule has 17 heavy (non-hydrogen) atoms. The summed E-state index contributed by atoms with van der Waals surface area (Å²) in [5.41, 5.74) is 1.04. The number of rotatable bonds is 2. The van der Waals surface area contributed by atoms with Crippen LogP contribution in [0.3, 0.4) is 0 Å². The maximum absolute atomic E-state index is 11.0. The van der Waals surface area contributed by atoms with Crippen molar-refractivity contribution in [1.82, 2.24) is 0 Å². The van der Waals surface area contributed by atoms with Crippen LogP contribution in [0.15, 0.2) is 24.3 Å². The zero-order chi connectivity index (χ0) is 12.1. The van der Waals surface area contributed by atoms with Gasteiger partial charge in [-0.3, -0.25) is 10.1 Å². The summed E-state index contributed by atoms with van der Waals surface area (Å²) in [7, 11) is 0. The van der Waals surface area contributed by atoms with Crippen LogP contribution >= 0.6 is 23.5 Å². The molecule has 2 rings (SSSR count). The summed E-state index contributed by atoms with van der Waals surface area (Å²) in [5.74, 6) is 1.76. The summed E-state index contributed by atoms with van der Waals surface area (Å²) in [6.07, 6.45) is 0. The van der Waals surface area contributed by atoms with Gasteiger partial charge < -0.3 is 4.74 Å². The molecule has 1 aromatic carbocycles. The van der Waals surface area contributed by atoms with E-state index in [9.17, 15) is 10.1 Å². The fourth-order valence-corrected chi connectivity index (χ4v) is 4.19. The second kappa shape index (κ2) is 6.28. The van der Waals surface area contributed by atoms with Gasteiger partial charge in [0.25, 0.3) is 5.69 Å². The van der Waals surface area contributed by atoms with Crippen LogP contribution in [0.2, 0.25) is 0 Å². The van der Waals surface area contributed by atoms with Crippen LogP contribution in [0, 0.1) is 10.1 Å². The second-order valence-electron chi connectivity index (χ2n) is 3.50. The molecule has 0 spiro atoms. The number of benzene rings is 1. The molecule has 0 amide bonds. The number of para-hydroxylation sites is 1.